The Morgan fingerprint density at radius 3 is 2.37 bits per heavy atom. The molecule has 3 N–H and O–H groups in total. The Balaban J connectivity index is 0.00000320. The van der Waals surface area contributed by atoms with E-state index in [-0.39, 0.29) is 29.9 Å². The lowest BCUT2D eigenvalue weighted by atomic mass is 10.1. The molecule has 3 rings (SSSR count). The fourth-order valence-electron chi connectivity index (χ4n) is 2.85. The standard InChI is InChI=1S/C22H23N3O3S.HI/c1-16-13-17(11-12-21(16)29(2,26)27)15-24-22(23)25-18-7-6-10-20(14-18)28-19-8-4-3-5-9-19;/h3-14H,15H2,1-2H3,(H3,23,24,25);1H. The van der Waals surface area contributed by atoms with Gasteiger partial charge in [-0.3, -0.25) is 0 Å². The third-order valence-electron chi connectivity index (χ3n) is 4.16. The molecule has 8 heteroatoms. The molecule has 0 aliphatic heterocycles. The maximum Gasteiger partial charge on any atom is 0.193 e. The minimum Gasteiger partial charge on any atom is -0.457 e. The van der Waals surface area contributed by atoms with E-state index in [0.717, 1.165) is 17.0 Å². The normalized spacial score (nSPS) is 11.5. The molecule has 158 valence electrons. The van der Waals surface area contributed by atoms with Crippen LogP contribution in [0, 0.1) is 6.92 Å². The first-order valence-electron chi connectivity index (χ1n) is 9.01. The molecule has 0 radical (unpaired) electrons. The molecule has 0 heterocycles. The van der Waals surface area contributed by atoms with Crippen LogP contribution in [0.15, 0.2) is 82.7 Å². The molecule has 0 fully saturated rings. The summed E-state index contributed by atoms with van der Waals surface area (Å²) in [6.45, 7) is 2.10. The Morgan fingerprint density at radius 2 is 1.70 bits per heavy atom. The number of nitrogens with zero attached hydrogens (tertiary/aromatic N) is 1. The summed E-state index contributed by atoms with van der Waals surface area (Å²) in [5, 5.41) is 3.04. The van der Waals surface area contributed by atoms with Gasteiger partial charge in [-0.15, -0.1) is 24.0 Å². The number of nitrogens with one attached hydrogen (secondary N) is 1. The van der Waals surface area contributed by atoms with Gasteiger partial charge < -0.3 is 15.8 Å². The molecule has 0 saturated carbocycles. The molecular formula is C22H24IN3O3S. The van der Waals surface area contributed by atoms with E-state index in [9.17, 15) is 8.42 Å². The number of benzene rings is 3. The molecular weight excluding hydrogens is 513 g/mol. The number of para-hydroxylation sites is 1. The van der Waals surface area contributed by atoms with Crippen LogP contribution in [0.1, 0.15) is 11.1 Å². The van der Waals surface area contributed by atoms with E-state index in [4.69, 9.17) is 10.5 Å². The second kappa shape index (κ2) is 10.4. The maximum absolute atomic E-state index is 11.7. The van der Waals surface area contributed by atoms with Gasteiger partial charge >= 0.3 is 0 Å². The molecule has 3 aromatic rings. The number of rotatable bonds is 6. The number of anilines is 1. The number of sulfone groups is 1. The van der Waals surface area contributed by atoms with E-state index >= 15 is 0 Å². The van der Waals surface area contributed by atoms with Crippen LogP contribution in [0.2, 0.25) is 0 Å². The maximum atomic E-state index is 11.7. The molecule has 0 aliphatic carbocycles. The highest BCUT2D eigenvalue weighted by Crippen LogP contribution is 2.23. The lowest BCUT2D eigenvalue weighted by Crippen LogP contribution is -2.22. The summed E-state index contributed by atoms with van der Waals surface area (Å²) >= 11 is 0. The Kier molecular flexibility index (Phi) is 8.24. The van der Waals surface area contributed by atoms with Crippen LogP contribution in [-0.4, -0.2) is 20.6 Å². The molecule has 30 heavy (non-hydrogen) atoms. The molecule has 0 bridgehead atoms. The van der Waals surface area contributed by atoms with Crippen molar-refractivity contribution in [3.05, 3.63) is 83.9 Å². The zero-order valence-electron chi connectivity index (χ0n) is 16.7. The molecule has 0 unspecified atom stereocenters. The van der Waals surface area contributed by atoms with Gasteiger partial charge in [-0.2, -0.15) is 0 Å². The second-order valence-corrected chi connectivity index (χ2v) is 8.63. The van der Waals surface area contributed by atoms with Gasteiger partial charge in [-0.05, 0) is 48.4 Å². The smallest absolute Gasteiger partial charge is 0.193 e. The van der Waals surface area contributed by atoms with Crippen LogP contribution in [0.3, 0.4) is 0 Å². The Labute approximate surface area is 194 Å². The molecule has 0 aliphatic rings. The van der Waals surface area contributed by atoms with Gasteiger partial charge in [-0.1, -0.05) is 36.4 Å². The Hall–Kier alpha value is -2.59. The summed E-state index contributed by atoms with van der Waals surface area (Å²) in [5.41, 5.74) is 8.32. The zero-order valence-corrected chi connectivity index (χ0v) is 19.8. The van der Waals surface area contributed by atoms with Crippen LogP contribution in [-0.2, 0) is 16.4 Å². The number of hydrogen-bond acceptors (Lipinski definition) is 4. The monoisotopic (exact) mass is 537 g/mol. The average Bonchev–Trinajstić information content (AvgIpc) is 2.66. The third-order valence-corrected chi connectivity index (χ3v) is 5.41. The molecule has 0 spiro atoms. The number of halogens is 1. The Morgan fingerprint density at radius 1 is 1.00 bits per heavy atom. The minimum absolute atomic E-state index is 0. The van der Waals surface area contributed by atoms with E-state index < -0.39 is 9.84 Å². The van der Waals surface area contributed by atoms with Crippen LogP contribution in [0.5, 0.6) is 11.5 Å². The molecule has 0 saturated heterocycles. The van der Waals surface area contributed by atoms with Crippen molar-refractivity contribution in [3.63, 3.8) is 0 Å². The average molecular weight is 537 g/mol. The summed E-state index contributed by atoms with van der Waals surface area (Å²) in [6, 6.07) is 22.1. The van der Waals surface area contributed by atoms with Crippen LogP contribution < -0.4 is 15.8 Å². The van der Waals surface area contributed by atoms with Gasteiger partial charge in [0.05, 0.1) is 11.4 Å². The van der Waals surface area contributed by atoms with Gasteiger partial charge in [0, 0.05) is 18.0 Å². The fourth-order valence-corrected chi connectivity index (χ4v) is 3.81. The van der Waals surface area contributed by atoms with Crippen molar-refractivity contribution in [2.45, 2.75) is 18.4 Å². The van der Waals surface area contributed by atoms with Gasteiger partial charge in [0.1, 0.15) is 11.5 Å². The number of aryl methyl sites for hydroxylation is 1. The summed E-state index contributed by atoms with van der Waals surface area (Å²) in [5.74, 6) is 1.69. The van der Waals surface area contributed by atoms with Gasteiger partial charge in [0.25, 0.3) is 0 Å². The number of aliphatic imine (C=N–C) groups is 1. The SMILES string of the molecule is Cc1cc(CN=C(N)Nc2cccc(Oc3ccccc3)c2)ccc1S(C)(=O)=O.I. The largest absolute Gasteiger partial charge is 0.457 e. The molecule has 3 aromatic carbocycles. The first kappa shape index (κ1) is 23.7. The first-order valence-corrected chi connectivity index (χ1v) is 10.9. The van der Waals surface area contributed by atoms with E-state index in [1.807, 2.05) is 60.7 Å². The molecule has 0 aromatic heterocycles. The number of guanidine groups is 1. The highest BCUT2D eigenvalue weighted by Gasteiger charge is 2.10. The topological polar surface area (TPSA) is 93.8 Å². The van der Waals surface area contributed by atoms with Crippen molar-refractivity contribution in [2.75, 3.05) is 11.6 Å². The van der Waals surface area contributed by atoms with Gasteiger partial charge in [0.2, 0.25) is 0 Å². The number of nitrogens with two attached hydrogens (primary N) is 1. The zero-order chi connectivity index (χ0) is 20.9. The highest BCUT2D eigenvalue weighted by molar-refractivity contribution is 14.0. The van der Waals surface area contributed by atoms with Gasteiger partial charge in [-0.25, -0.2) is 13.4 Å². The van der Waals surface area contributed by atoms with Crippen LogP contribution in [0.4, 0.5) is 5.69 Å². The second-order valence-electron chi connectivity index (χ2n) is 6.64. The van der Waals surface area contributed by atoms with E-state index in [2.05, 4.69) is 10.3 Å². The van der Waals surface area contributed by atoms with Crippen molar-refractivity contribution in [1.29, 1.82) is 0 Å². The predicted molar refractivity (Wildman–Crippen MR) is 132 cm³/mol. The summed E-state index contributed by atoms with van der Waals surface area (Å²) in [6.07, 6.45) is 1.20. The third kappa shape index (κ3) is 6.74. The van der Waals surface area contributed by atoms with Crippen molar-refractivity contribution in [1.82, 2.24) is 0 Å². The first-order chi connectivity index (χ1) is 13.8. The lowest BCUT2D eigenvalue weighted by molar-refractivity contribution is 0.483. The Bertz CT molecular complexity index is 1130. The summed E-state index contributed by atoms with van der Waals surface area (Å²) in [7, 11) is -3.23. The quantitative estimate of drug-likeness (QED) is 0.269. The van der Waals surface area contributed by atoms with Crippen molar-refractivity contribution in [3.8, 4) is 11.5 Å². The lowest BCUT2D eigenvalue weighted by Gasteiger charge is -2.10. The van der Waals surface area contributed by atoms with Gasteiger partial charge in [0.15, 0.2) is 15.8 Å². The highest BCUT2D eigenvalue weighted by atomic mass is 127. The number of hydrogen-bond donors (Lipinski definition) is 2. The molecule has 0 amide bonds. The fraction of sp³-hybridized carbons (Fsp3) is 0.136. The minimum atomic E-state index is -3.23. The van der Waals surface area contributed by atoms with Crippen molar-refractivity contribution >= 4 is 45.5 Å². The summed E-state index contributed by atoms with van der Waals surface area (Å²) < 4.78 is 29.2. The summed E-state index contributed by atoms with van der Waals surface area (Å²) in [4.78, 5) is 4.65. The van der Waals surface area contributed by atoms with Crippen LogP contribution in [0.25, 0.3) is 0 Å². The molecule has 6 nitrogen and oxygen atoms in total. The number of ether oxygens (including phenoxy) is 1. The van der Waals surface area contributed by atoms with Crippen molar-refractivity contribution < 1.29 is 13.2 Å². The van der Waals surface area contributed by atoms with E-state index in [1.165, 1.54) is 6.26 Å². The van der Waals surface area contributed by atoms with Crippen molar-refractivity contribution in [2.24, 2.45) is 10.7 Å². The predicted octanol–water partition coefficient (Wildman–Crippen LogP) is 4.74. The van der Waals surface area contributed by atoms with E-state index in [0.29, 0.717) is 22.8 Å². The molecule has 0 atom stereocenters. The van der Waals surface area contributed by atoms with Crippen LogP contribution >= 0.6 is 24.0 Å². The van der Waals surface area contributed by atoms with E-state index in [1.54, 1.807) is 19.1 Å².